The minimum atomic E-state index is -0.494. The summed E-state index contributed by atoms with van der Waals surface area (Å²) in [4.78, 5) is 34.5. The molecule has 1 saturated heterocycles. The lowest BCUT2D eigenvalue weighted by Crippen LogP contribution is -2.50. The van der Waals surface area contributed by atoms with E-state index in [-0.39, 0.29) is 22.4 Å². The predicted octanol–water partition coefficient (Wildman–Crippen LogP) is 1.83. The van der Waals surface area contributed by atoms with Crippen LogP contribution in [0.1, 0.15) is 67.5 Å². The molecule has 4 aliphatic carbocycles. The molecular formula is C20H27N3O3. The number of carbonyl (C=O) groups is 1. The molecule has 2 N–H and O–H groups in total. The van der Waals surface area contributed by atoms with Gasteiger partial charge in [-0.25, -0.2) is 4.98 Å². The number of likely N-dealkylation sites (tertiary alicyclic amines) is 1. The van der Waals surface area contributed by atoms with Gasteiger partial charge in [0.1, 0.15) is 11.4 Å². The lowest BCUT2D eigenvalue weighted by Gasteiger charge is -2.56. The van der Waals surface area contributed by atoms with Crippen LogP contribution in [0, 0.1) is 17.8 Å². The molecule has 6 rings (SSSR count). The Labute approximate surface area is 153 Å². The number of β-amino-alcohol motifs (C(OH)–C–C–N with tert-alkyl or cyclic N) is 1. The van der Waals surface area contributed by atoms with Gasteiger partial charge in [0.25, 0.3) is 11.5 Å². The van der Waals surface area contributed by atoms with Gasteiger partial charge in [0.15, 0.2) is 0 Å². The molecule has 0 aromatic carbocycles. The summed E-state index contributed by atoms with van der Waals surface area (Å²) in [5.41, 5.74) is -0.194. The van der Waals surface area contributed by atoms with Gasteiger partial charge >= 0.3 is 0 Å². The van der Waals surface area contributed by atoms with Crippen LogP contribution in [0.3, 0.4) is 0 Å². The third-order valence-electron chi connectivity index (χ3n) is 7.25. The molecule has 1 amide bonds. The highest BCUT2D eigenvalue weighted by Gasteiger charge is 2.53. The second-order valence-corrected chi connectivity index (χ2v) is 9.22. The van der Waals surface area contributed by atoms with Crippen molar-refractivity contribution in [2.24, 2.45) is 17.8 Å². The van der Waals surface area contributed by atoms with Crippen LogP contribution in [0.15, 0.2) is 11.0 Å². The van der Waals surface area contributed by atoms with E-state index in [9.17, 15) is 14.7 Å². The molecule has 1 aromatic heterocycles. The highest BCUT2D eigenvalue weighted by molar-refractivity contribution is 5.93. The number of aliphatic hydroxyl groups excluding tert-OH is 1. The number of rotatable bonds is 2. The van der Waals surface area contributed by atoms with E-state index in [4.69, 9.17) is 0 Å². The fourth-order valence-corrected chi connectivity index (χ4v) is 6.53. The first-order valence-electron chi connectivity index (χ1n) is 10.1. The molecular weight excluding hydrogens is 330 g/mol. The maximum absolute atomic E-state index is 12.7. The second kappa shape index (κ2) is 5.91. The van der Waals surface area contributed by atoms with Crippen molar-refractivity contribution in [3.05, 3.63) is 27.9 Å². The number of aliphatic hydroxyl groups is 1. The molecule has 1 aliphatic heterocycles. The summed E-state index contributed by atoms with van der Waals surface area (Å²) in [6.07, 6.45) is 9.90. The van der Waals surface area contributed by atoms with Crippen molar-refractivity contribution in [1.29, 1.82) is 0 Å². The van der Waals surface area contributed by atoms with E-state index < -0.39 is 6.10 Å². The molecule has 26 heavy (non-hydrogen) atoms. The van der Waals surface area contributed by atoms with E-state index >= 15 is 0 Å². The van der Waals surface area contributed by atoms with E-state index in [1.165, 1.54) is 25.5 Å². The van der Waals surface area contributed by atoms with Crippen molar-refractivity contribution in [2.45, 2.75) is 62.9 Å². The van der Waals surface area contributed by atoms with Gasteiger partial charge in [-0.05, 0) is 69.1 Å². The van der Waals surface area contributed by atoms with E-state index in [2.05, 4.69) is 9.97 Å². The van der Waals surface area contributed by atoms with Gasteiger partial charge in [-0.2, -0.15) is 0 Å². The van der Waals surface area contributed by atoms with Gasteiger partial charge in [-0.3, -0.25) is 9.59 Å². The number of aromatic nitrogens is 2. The Morgan fingerprint density at radius 1 is 1.19 bits per heavy atom. The van der Waals surface area contributed by atoms with E-state index in [1.807, 2.05) is 0 Å². The minimum Gasteiger partial charge on any atom is -0.391 e. The quantitative estimate of drug-likeness (QED) is 0.845. The van der Waals surface area contributed by atoms with Crippen LogP contribution in [0.5, 0.6) is 0 Å². The lowest BCUT2D eigenvalue weighted by molar-refractivity contribution is -0.00955. The number of piperidine rings is 1. The SMILES string of the molecule is O=C(c1cnc(C23CC4CC(CC(C4)C2)C3)[nH]c1=O)N1CCC[C@H](O)C1. The topological polar surface area (TPSA) is 86.3 Å². The van der Waals surface area contributed by atoms with E-state index in [1.54, 1.807) is 4.90 Å². The Morgan fingerprint density at radius 2 is 1.85 bits per heavy atom. The number of hydrogen-bond acceptors (Lipinski definition) is 4. The van der Waals surface area contributed by atoms with E-state index in [0.29, 0.717) is 19.5 Å². The number of amides is 1. The molecule has 5 aliphatic rings. The van der Waals surface area contributed by atoms with Crippen LogP contribution < -0.4 is 5.56 Å². The van der Waals surface area contributed by atoms with Gasteiger partial charge in [0.05, 0.1) is 6.10 Å². The van der Waals surface area contributed by atoms with Crippen molar-refractivity contribution in [2.75, 3.05) is 13.1 Å². The standard InChI is InChI=1S/C20H27N3O3/c24-15-2-1-3-23(11-15)18(26)16-10-21-19(22-17(16)25)20-7-12-4-13(8-20)6-14(5-12)9-20/h10,12-15,24H,1-9,11H2,(H,21,22,25)/t12?,13?,14?,15-,20?/m0/s1. The van der Waals surface area contributed by atoms with Crippen molar-refractivity contribution in [3.8, 4) is 0 Å². The predicted molar refractivity (Wildman–Crippen MR) is 95.9 cm³/mol. The van der Waals surface area contributed by atoms with Gasteiger partial charge in [-0.15, -0.1) is 0 Å². The lowest BCUT2D eigenvalue weighted by atomic mass is 9.49. The second-order valence-electron chi connectivity index (χ2n) is 9.22. The monoisotopic (exact) mass is 357 g/mol. The molecule has 4 bridgehead atoms. The Bertz CT molecular complexity index is 751. The molecule has 1 atom stereocenters. The average Bonchev–Trinajstić information content (AvgIpc) is 2.60. The minimum absolute atomic E-state index is 0.0246. The molecule has 6 heteroatoms. The summed E-state index contributed by atoms with van der Waals surface area (Å²) in [6.45, 7) is 0.890. The summed E-state index contributed by atoms with van der Waals surface area (Å²) in [6, 6.07) is 0. The van der Waals surface area contributed by atoms with Crippen molar-refractivity contribution < 1.29 is 9.90 Å². The molecule has 0 spiro atoms. The highest BCUT2D eigenvalue weighted by Crippen LogP contribution is 2.59. The summed E-state index contributed by atoms with van der Waals surface area (Å²) in [7, 11) is 0. The summed E-state index contributed by atoms with van der Waals surface area (Å²) in [5, 5.41) is 9.79. The zero-order valence-corrected chi connectivity index (χ0v) is 15.1. The normalized spacial score (nSPS) is 38.6. The molecule has 5 fully saturated rings. The number of nitrogens with one attached hydrogen (secondary N) is 1. The zero-order chi connectivity index (χ0) is 17.9. The van der Waals surface area contributed by atoms with Crippen LogP contribution in [0.2, 0.25) is 0 Å². The van der Waals surface area contributed by atoms with Crippen molar-refractivity contribution in [1.82, 2.24) is 14.9 Å². The summed E-state index contributed by atoms with van der Waals surface area (Å²) in [5.74, 6) is 2.83. The number of aromatic amines is 1. The molecule has 0 unspecified atom stereocenters. The third-order valence-corrected chi connectivity index (χ3v) is 7.25. The molecule has 1 aromatic rings. The first-order valence-corrected chi connectivity index (χ1v) is 10.1. The van der Waals surface area contributed by atoms with Crippen LogP contribution in [0.4, 0.5) is 0 Å². The number of hydrogen-bond donors (Lipinski definition) is 2. The van der Waals surface area contributed by atoms with Crippen molar-refractivity contribution >= 4 is 5.91 Å². The zero-order valence-electron chi connectivity index (χ0n) is 15.1. The largest absolute Gasteiger partial charge is 0.391 e. The smallest absolute Gasteiger partial charge is 0.263 e. The first-order chi connectivity index (χ1) is 12.5. The Hall–Kier alpha value is -1.69. The molecule has 140 valence electrons. The Morgan fingerprint density at radius 3 is 2.42 bits per heavy atom. The number of nitrogens with zero attached hydrogens (tertiary/aromatic N) is 2. The highest BCUT2D eigenvalue weighted by atomic mass is 16.3. The van der Waals surface area contributed by atoms with Crippen LogP contribution in [-0.2, 0) is 5.41 Å². The maximum atomic E-state index is 12.7. The van der Waals surface area contributed by atoms with Gasteiger partial charge < -0.3 is 15.0 Å². The van der Waals surface area contributed by atoms with Gasteiger partial charge in [0.2, 0.25) is 0 Å². The summed E-state index contributed by atoms with van der Waals surface area (Å²) < 4.78 is 0. The third kappa shape index (κ3) is 2.61. The average molecular weight is 357 g/mol. The van der Waals surface area contributed by atoms with Crippen LogP contribution >= 0.6 is 0 Å². The first kappa shape index (κ1) is 16.5. The molecule has 4 saturated carbocycles. The maximum Gasteiger partial charge on any atom is 0.263 e. The molecule has 2 heterocycles. The van der Waals surface area contributed by atoms with Gasteiger partial charge in [-0.1, -0.05) is 0 Å². The van der Waals surface area contributed by atoms with Crippen LogP contribution in [0.25, 0.3) is 0 Å². The number of carbonyl (C=O) groups excluding carboxylic acids is 1. The molecule has 0 radical (unpaired) electrons. The number of H-pyrrole nitrogens is 1. The Balaban J connectivity index is 1.42. The van der Waals surface area contributed by atoms with Crippen molar-refractivity contribution in [3.63, 3.8) is 0 Å². The fraction of sp³-hybridized carbons (Fsp3) is 0.750. The fourth-order valence-electron chi connectivity index (χ4n) is 6.53. The van der Waals surface area contributed by atoms with Crippen LogP contribution in [-0.4, -0.2) is 45.1 Å². The summed E-state index contributed by atoms with van der Waals surface area (Å²) >= 11 is 0. The van der Waals surface area contributed by atoms with Gasteiger partial charge in [0, 0.05) is 24.7 Å². The molecule has 6 nitrogen and oxygen atoms in total. The van der Waals surface area contributed by atoms with E-state index in [0.717, 1.165) is 49.3 Å². The Kier molecular flexibility index (Phi) is 3.75.